The van der Waals surface area contributed by atoms with Crippen LogP contribution in [0.15, 0.2) is 57.9 Å². The third kappa shape index (κ3) is 6.70. The van der Waals surface area contributed by atoms with E-state index in [1.807, 2.05) is 62.4 Å². The zero-order valence-corrected chi connectivity index (χ0v) is 18.3. The number of rotatable bonds is 8. The van der Waals surface area contributed by atoms with Gasteiger partial charge in [0.05, 0.1) is 5.75 Å². The first-order valence-electron chi connectivity index (χ1n) is 8.91. The van der Waals surface area contributed by atoms with Crippen molar-refractivity contribution in [1.82, 2.24) is 10.2 Å². The minimum atomic E-state index is -0.528. The van der Waals surface area contributed by atoms with Gasteiger partial charge >= 0.3 is 0 Å². The molecule has 1 unspecified atom stereocenters. The van der Waals surface area contributed by atoms with Crippen LogP contribution in [0.4, 0.5) is 0 Å². The molecule has 2 rings (SSSR count). The fourth-order valence-corrected chi connectivity index (χ4v) is 3.60. The fourth-order valence-electron chi connectivity index (χ4n) is 2.55. The highest BCUT2D eigenvalue weighted by Crippen LogP contribution is 2.20. The Balaban J connectivity index is 2.11. The number of likely N-dealkylation sites (N-methyl/N-ethyl adjacent to an activating group) is 1. The number of carbonyl (C=O) groups excluding carboxylic acids is 2. The van der Waals surface area contributed by atoms with E-state index >= 15 is 0 Å². The van der Waals surface area contributed by atoms with E-state index < -0.39 is 6.04 Å². The number of carbonyl (C=O) groups is 2. The van der Waals surface area contributed by atoms with Gasteiger partial charge in [0.25, 0.3) is 0 Å². The smallest absolute Gasteiger partial charge is 0.242 e. The van der Waals surface area contributed by atoms with Crippen LogP contribution in [0.25, 0.3) is 0 Å². The molecule has 0 aliphatic heterocycles. The summed E-state index contributed by atoms with van der Waals surface area (Å²) >= 11 is 4.91. The van der Waals surface area contributed by atoms with E-state index in [4.69, 9.17) is 0 Å². The van der Waals surface area contributed by atoms with Crippen molar-refractivity contribution in [3.8, 4) is 0 Å². The van der Waals surface area contributed by atoms with Crippen LogP contribution in [0.1, 0.15) is 25.0 Å². The van der Waals surface area contributed by atoms with Gasteiger partial charge in [-0.15, -0.1) is 11.8 Å². The minimum absolute atomic E-state index is 0.0535. The molecule has 0 aliphatic carbocycles. The van der Waals surface area contributed by atoms with Gasteiger partial charge in [0.2, 0.25) is 11.8 Å². The van der Waals surface area contributed by atoms with Crippen molar-refractivity contribution in [3.63, 3.8) is 0 Å². The first kappa shape index (κ1) is 21.5. The molecule has 0 radical (unpaired) electrons. The molecule has 0 heterocycles. The molecule has 0 aromatic heterocycles. The molecule has 2 amide bonds. The summed E-state index contributed by atoms with van der Waals surface area (Å²) in [6.45, 7) is 6.63. The molecule has 144 valence electrons. The van der Waals surface area contributed by atoms with Gasteiger partial charge < -0.3 is 10.2 Å². The van der Waals surface area contributed by atoms with Crippen LogP contribution >= 0.6 is 27.7 Å². The topological polar surface area (TPSA) is 49.4 Å². The van der Waals surface area contributed by atoms with Crippen LogP contribution in [0.2, 0.25) is 0 Å². The molecular weight excluding hydrogens is 424 g/mol. The van der Waals surface area contributed by atoms with Gasteiger partial charge in [0.1, 0.15) is 6.04 Å². The van der Waals surface area contributed by atoms with Crippen molar-refractivity contribution < 1.29 is 9.59 Å². The van der Waals surface area contributed by atoms with Gasteiger partial charge in [0, 0.05) is 22.5 Å². The van der Waals surface area contributed by atoms with Crippen LogP contribution in [0.3, 0.4) is 0 Å². The standard InChI is InChI=1S/C21H25BrN2O2S/c1-4-23-21(26)16(3)24(13-17-7-9-18(22)10-8-17)20(25)14-27-19-11-5-15(2)6-12-19/h5-12,16H,4,13-14H2,1-3H3,(H,23,26). The summed E-state index contributed by atoms with van der Waals surface area (Å²) in [5, 5.41) is 2.81. The summed E-state index contributed by atoms with van der Waals surface area (Å²) in [4.78, 5) is 27.9. The maximum absolute atomic E-state index is 12.9. The molecule has 27 heavy (non-hydrogen) atoms. The lowest BCUT2D eigenvalue weighted by Gasteiger charge is -2.28. The molecule has 0 bridgehead atoms. The van der Waals surface area contributed by atoms with E-state index in [-0.39, 0.29) is 11.8 Å². The van der Waals surface area contributed by atoms with Crippen molar-refractivity contribution in [2.45, 2.75) is 38.3 Å². The Bertz CT molecular complexity index is 763. The molecule has 0 aliphatic rings. The molecule has 6 heteroatoms. The Morgan fingerprint density at radius 1 is 1.11 bits per heavy atom. The van der Waals surface area contributed by atoms with Crippen molar-refractivity contribution >= 4 is 39.5 Å². The van der Waals surface area contributed by atoms with Gasteiger partial charge in [-0.25, -0.2) is 0 Å². The zero-order valence-electron chi connectivity index (χ0n) is 15.9. The number of hydrogen-bond donors (Lipinski definition) is 1. The first-order valence-corrected chi connectivity index (χ1v) is 10.7. The summed E-state index contributed by atoms with van der Waals surface area (Å²) < 4.78 is 0.982. The highest BCUT2D eigenvalue weighted by atomic mass is 79.9. The van der Waals surface area contributed by atoms with E-state index in [0.717, 1.165) is 14.9 Å². The van der Waals surface area contributed by atoms with Crippen molar-refractivity contribution in [2.75, 3.05) is 12.3 Å². The minimum Gasteiger partial charge on any atom is -0.355 e. The van der Waals surface area contributed by atoms with Crippen LogP contribution in [0.5, 0.6) is 0 Å². The second-order valence-corrected chi connectivity index (χ2v) is 8.28. The molecule has 2 aromatic carbocycles. The Hall–Kier alpha value is -1.79. The largest absolute Gasteiger partial charge is 0.355 e. The Kier molecular flexibility index (Phi) is 8.38. The highest BCUT2D eigenvalue weighted by Gasteiger charge is 2.25. The number of halogens is 1. The zero-order chi connectivity index (χ0) is 19.8. The number of nitrogens with zero attached hydrogens (tertiary/aromatic N) is 1. The van der Waals surface area contributed by atoms with Gasteiger partial charge in [-0.05, 0) is 50.6 Å². The number of nitrogens with one attached hydrogen (secondary N) is 1. The summed E-state index contributed by atoms with van der Waals surface area (Å²) in [7, 11) is 0. The van der Waals surface area contributed by atoms with E-state index in [0.29, 0.717) is 18.8 Å². The molecule has 0 spiro atoms. The average molecular weight is 449 g/mol. The number of amides is 2. The first-order chi connectivity index (χ1) is 12.9. The van der Waals surface area contributed by atoms with Crippen LogP contribution in [-0.4, -0.2) is 35.1 Å². The monoisotopic (exact) mass is 448 g/mol. The lowest BCUT2D eigenvalue weighted by Crippen LogP contribution is -2.48. The quantitative estimate of drug-likeness (QED) is 0.608. The predicted octanol–water partition coefficient (Wildman–Crippen LogP) is 4.40. The van der Waals surface area contributed by atoms with Crippen LogP contribution in [0, 0.1) is 6.92 Å². The molecule has 2 aromatic rings. The Labute approximate surface area is 173 Å². The molecule has 4 nitrogen and oxygen atoms in total. The van der Waals surface area contributed by atoms with Gasteiger partial charge in [-0.1, -0.05) is 45.8 Å². The van der Waals surface area contributed by atoms with E-state index in [9.17, 15) is 9.59 Å². The lowest BCUT2D eigenvalue weighted by atomic mass is 10.1. The summed E-state index contributed by atoms with van der Waals surface area (Å²) in [6.07, 6.45) is 0. The van der Waals surface area contributed by atoms with E-state index in [1.165, 1.54) is 17.3 Å². The molecule has 0 saturated heterocycles. The SMILES string of the molecule is CCNC(=O)C(C)N(Cc1ccc(Br)cc1)C(=O)CSc1ccc(C)cc1. The maximum atomic E-state index is 12.9. The average Bonchev–Trinajstić information content (AvgIpc) is 2.66. The number of aryl methyl sites for hydroxylation is 1. The van der Waals surface area contributed by atoms with E-state index in [2.05, 4.69) is 21.2 Å². The fraction of sp³-hybridized carbons (Fsp3) is 0.333. The Morgan fingerprint density at radius 2 is 1.74 bits per heavy atom. The van der Waals surface area contributed by atoms with Gasteiger partial charge in [-0.2, -0.15) is 0 Å². The second-order valence-electron chi connectivity index (χ2n) is 6.32. The van der Waals surface area contributed by atoms with Gasteiger partial charge in [0.15, 0.2) is 0 Å². The van der Waals surface area contributed by atoms with Crippen molar-refractivity contribution in [2.24, 2.45) is 0 Å². The number of benzene rings is 2. The summed E-state index contributed by atoms with van der Waals surface area (Å²) in [5.74, 6) is 0.106. The highest BCUT2D eigenvalue weighted by molar-refractivity contribution is 9.10. The summed E-state index contributed by atoms with van der Waals surface area (Å²) in [6, 6.07) is 15.4. The molecular formula is C21H25BrN2O2S. The van der Waals surface area contributed by atoms with Crippen LogP contribution < -0.4 is 5.32 Å². The van der Waals surface area contributed by atoms with Gasteiger partial charge in [-0.3, -0.25) is 9.59 Å². The molecule has 1 atom stereocenters. The number of thioether (sulfide) groups is 1. The molecule has 0 saturated carbocycles. The summed E-state index contributed by atoms with van der Waals surface area (Å²) in [5.41, 5.74) is 2.18. The third-order valence-electron chi connectivity index (χ3n) is 4.17. The lowest BCUT2D eigenvalue weighted by molar-refractivity contribution is -0.138. The predicted molar refractivity (Wildman–Crippen MR) is 115 cm³/mol. The second kappa shape index (κ2) is 10.5. The van der Waals surface area contributed by atoms with E-state index in [1.54, 1.807) is 11.8 Å². The molecule has 1 N–H and O–H groups in total. The molecule has 0 fully saturated rings. The Morgan fingerprint density at radius 3 is 2.33 bits per heavy atom. The van der Waals surface area contributed by atoms with Crippen molar-refractivity contribution in [1.29, 1.82) is 0 Å². The third-order valence-corrected chi connectivity index (χ3v) is 5.69. The van der Waals surface area contributed by atoms with Crippen LogP contribution in [-0.2, 0) is 16.1 Å². The number of hydrogen-bond acceptors (Lipinski definition) is 3. The van der Waals surface area contributed by atoms with Crippen molar-refractivity contribution in [3.05, 3.63) is 64.1 Å². The maximum Gasteiger partial charge on any atom is 0.242 e. The normalized spacial score (nSPS) is 11.7.